The van der Waals surface area contributed by atoms with E-state index in [4.69, 9.17) is 0 Å². The normalized spacial score (nSPS) is 16.5. The SMILES string of the molecule is Cc1cc(C)cc(C2(C(=O)Nc3cn[nH]c3)CCC2)c1. The fourth-order valence-electron chi connectivity index (χ4n) is 3.00. The summed E-state index contributed by atoms with van der Waals surface area (Å²) in [5.74, 6) is 0.0788. The topological polar surface area (TPSA) is 57.8 Å². The Balaban J connectivity index is 1.92. The quantitative estimate of drug-likeness (QED) is 0.899. The first kappa shape index (κ1) is 12.9. The predicted octanol–water partition coefficient (Wildman–Crippen LogP) is 3.09. The zero-order valence-electron chi connectivity index (χ0n) is 11.9. The van der Waals surface area contributed by atoms with E-state index in [9.17, 15) is 4.79 Å². The summed E-state index contributed by atoms with van der Waals surface area (Å²) < 4.78 is 0. The van der Waals surface area contributed by atoms with E-state index in [1.165, 1.54) is 11.1 Å². The molecule has 1 aromatic carbocycles. The number of anilines is 1. The molecule has 3 rings (SSSR count). The van der Waals surface area contributed by atoms with Crippen molar-refractivity contribution in [2.75, 3.05) is 5.32 Å². The number of carbonyl (C=O) groups is 1. The number of nitrogens with one attached hydrogen (secondary N) is 2. The fraction of sp³-hybridized carbons (Fsp3) is 0.375. The Morgan fingerprint density at radius 3 is 2.45 bits per heavy atom. The van der Waals surface area contributed by atoms with Gasteiger partial charge in [-0.05, 0) is 32.3 Å². The minimum atomic E-state index is -0.367. The number of hydrogen-bond donors (Lipinski definition) is 2. The molecule has 1 saturated carbocycles. The average molecular weight is 269 g/mol. The van der Waals surface area contributed by atoms with E-state index >= 15 is 0 Å². The van der Waals surface area contributed by atoms with Crippen LogP contribution in [0.1, 0.15) is 36.0 Å². The van der Waals surface area contributed by atoms with Gasteiger partial charge in [-0.2, -0.15) is 5.10 Å². The largest absolute Gasteiger partial charge is 0.323 e. The molecule has 4 nitrogen and oxygen atoms in total. The minimum Gasteiger partial charge on any atom is -0.323 e. The Kier molecular flexibility index (Phi) is 3.08. The molecule has 2 N–H and O–H groups in total. The first-order valence-electron chi connectivity index (χ1n) is 6.99. The smallest absolute Gasteiger partial charge is 0.235 e. The Bertz CT molecular complexity index is 607. The maximum atomic E-state index is 12.7. The van der Waals surface area contributed by atoms with Gasteiger partial charge in [0.2, 0.25) is 5.91 Å². The number of aromatic amines is 1. The van der Waals surface area contributed by atoms with Crippen molar-refractivity contribution in [3.63, 3.8) is 0 Å². The summed E-state index contributed by atoms with van der Waals surface area (Å²) in [4.78, 5) is 12.7. The second-order valence-corrected chi connectivity index (χ2v) is 5.75. The molecule has 2 aromatic rings. The van der Waals surface area contributed by atoms with E-state index in [1.807, 2.05) is 0 Å². The van der Waals surface area contributed by atoms with E-state index in [0.717, 1.165) is 30.5 Å². The molecule has 0 radical (unpaired) electrons. The molecular weight excluding hydrogens is 250 g/mol. The van der Waals surface area contributed by atoms with Crippen LogP contribution in [0.3, 0.4) is 0 Å². The molecule has 1 aliphatic carbocycles. The van der Waals surface area contributed by atoms with Crippen LogP contribution in [0.5, 0.6) is 0 Å². The maximum Gasteiger partial charge on any atom is 0.235 e. The Morgan fingerprint density at radius 1 is 1.25 bits per heavy atom. The van der Waals surface area contributed by atoms with Crippen molar-refractivity contribution in [1.29, 1.82) is 0 Å². The summed E-state index contributed by atoms with van der Waals surface area (Å²) in [5.41, 5.74) is 3.92. The van der Waals surface area contributed by atoms with E-state index in [2.05, 4.69) is 47.6 Å². The molecule has 1 aromatic heterocycles. The van der Waals surface area contributed by atoms with Crippen LogP contribution in [0, 0.1) is 13.8 Å². The van der Waals surface area contributed by atoms with Crippen molar-refractivity contribution < 1.29 is 4.79 Å². The molecular formula is C16H19N3O. The molecule has 1 amide bonds. The summed E-state index contributed by atoms with van der Waals surface area (Å²) in [6.07, 6.45) is 6.27. The second-order valence-electron chi connectivity index (χ2n) is 5.75. The number of H-pyrrole nitrogens is 1. The van der Waals surface area contributed by atoms with Gasteiger partial charge in [0.25, 0.3) is 0 Å². The van der Waals surface area contributed by atoms with Gasteiger partial charge in [0.1, 0.15) is 0 Å². The van der Waals surface area contributed by atoms with Gasteiger partial charge < -0.3 is 5.32 Å². The number of amides is 1. The van der Waals surface area contributed by atoms with E-state index < -0.39 is 0 Å². The molecule has 0 saturated heterocycles. The molecule has 0 unspecified atom stereocenters. The van der Waals surface area contributed by atoms with Crippen LogP contribution in [-0.2, 0) is 10.2 Å². The summed E-state index contributed by atoms with van der Waals surface area (Å²) in [7, 11) is 0. The van der Waals surface area contributed by atoms with Crippen LogP contribution in [0.2, 0.25) is 0 Å². The minimum absolute atomic E-state index is 0.0788. The Hall–Kier alpha value is -2.10. The monoisotopic (exact) mass is 269 g/mol. The summed E-state index contributed by atoms with van der Waals surface area (Å²) in [5, 5.41) is 9.55. The van der Waals surface area contributed by atoms with Crippen LogP contribution < -0.4 is 5.32 Å². The molecule has 0 atom stereocenters. The van der Waals surface area contributed by atoms with Gasteiger partial charge in [-0.25, -0.2) is 0 Å². The zero-order chi connectivity index (χ0) is 14.2. The number of benzene rings is 1. The lowest BCUT2D eigenvalue weighted by atomic mass is 9.63. The van der Waals surface area contributed by atoms with Crippen molar-refractivity contribution in [3.05, 3.63) is 47.3 Å². The number of carbonyl (C=O) groups excluding carboxylic acids is 1. The molecule has 0 aliphatic heterocycles. The van der Waals surface area contributed by atoms with Crippen LogP contribution in [-0.4, -0.2) is 16.1 Å². The molecule has 0 spiro atoms. The van der Waals surface area contributed by atoms with Crippen molar-refractivity contribution in [3.8, 4) is 0 Å². The van der Waals surface area contributed by atoms with E-state index in [0.29, 0.717) is 0 Å². The third-order valence-electron chi connectivity index (χ3n) is 4.17. The van der Waals surface area contributed by atoms with Crippen molar-refractivity contribution >= 4 is 11.6 Å². The highest BCUT2D eigenvalue weighted by Crippen LogP contribution is 2.45. The van der Waals surface area contributed by atoms with Crippen LogP contribution in [0.15, 0.2) is 30.6 Å². The molecule has 20 heavy (non-hydrogen) atoms. The summed E-state index contributed by atoms with van der Waals surface area (Å²) >= 11 is 0. The number of aryl methyl sites for hydroxylation is 2. The third kappa shape index (κ3) is 2.11. The molecule has 1 fully saturated rings. The Labute approximate surface area is 118 Å². The standard InChI is InChI=1S/C16H19N3O/c1-11-6-12(2)8-13(7-11)16(4-3-5-16)15(20)19-14-9-17-18-10-14/h6-10H,3-5H2,1-2H3,(H,17,18)(H,19,20). The van der Waals surface area contributed by atoms with Crippen molar-refractivity contribution in [2.24, 2.45) is 0 Å². The van der Waals surface area contributed by atoms with Gasteiger partial charge in [0.05, 0.1) is 17.3 Å². The average Bonchev–Trinajstić information content (AvgIpc) is 2.78. The van der Waals surface area contributed by atoms with Crippen molar-refractivity contribution in [2.45, 2.75) is 38.5 Å². The highest BCUT2D eigenvalue weighted by molar-refractivity contribution is 5.99. The lowest BCUT2D eigenvalue weighted by Crippen LogP contribution is -2.46. The van der Waals surface area contributed by atoms with Crippen LogP contribution in [0.25, 0.3) is 0 Å². The third-order valence-corrected chi connectivity index (χ3v) is 4.17. The molecule has 1 heterocycles. The van der Waals surface area contributed by atoms with E-state index in [1.54, 1.807) is 12.4 Å². The number of aromatic nitrogens is 2. The first-order chi connectivity index (χ1) is 9.60. The Morgan fingerprint density at radius 2 is 1.95 bits per heavy atom. The van der Waals surface area contributed by atoms with Gasteiger partial charge in [0.15, 0.2) is 0 Å². The van der Waals surface area contributed by atoms with Crippen LogP contribution >= 0.6 is 0 Å². The first-order valence-corrected chi connectivity index (χ1v) is 6.99. The number of hydrogen-bond acceptors (Lipinski definition) is 2. The molecule has 1 aliphatic rings. The second kappa shape index (κ2) is 4.78. The van der Waals surface area contributed by atoms with Gasteiger partial charge >= 0.3 is 0 Å². The lowest BCUT2D eigenvalue weighted by Gasteiger charge is -2.41. The molecule has 0 bridgehead atoms. The lowest BCUT2D eigenvalue weighted by molar-refractivity contribution is -0.124. The fourth-order valence-corrected chi connectivity index (χ4v) is 3.00. The number of rotatable bonds is 3. The summed E-state index contributed by atoms with van der Waals surface area (Å²) in [6, 6.07) is 6.42. The maximum absolute atomic E-state index is 12.7. The van der Waals surface area contributed by atoms with Gasteiger partial charge in [-0.1, -0.05) is 35.7 Å². The van der Waals surface area contributed by atoms with Gasteiger partial charge in [0, 0.05) is 6.20 Å². The highest BCUT2D eigenvalue weighted by Gasteiger charge is 2.45. The van der Waals surface area contributed by atoms with Gasteiger partial charge in [-0.15, -0.1) is 0 Å². The van der Waals surface area contributed by atoms with Gasteiger partial charge in [-0.3, -0.25) is 9.89 Å². The molecule has 4 heteroatoms. The van der Waals surface area contributed by atoms with E-state index in [-0.39, 0.29) is 11.3 Å². The predicted molar refractivity (Wildman–Crippen MR) is 78.7 cm³/mol. The van der Waals surface area contributed by atoms with Crippen molar-refractivity contribution in [1.82, 2.24) is 10.2 Å². The zero-order valence-corrected chi connectivity index (χ0v) is 11.9. The summed E-state index contributed by atoms with van der Waals surface area (Å²) in [6.45, 7) is 4.16. The van der Waals surface area contributed by atoms with Crippen LogP contribution in [0.4, 0.5) is 5.69 Å². The molecule has 104 valence electrons. The number of nitrogens with zero attached hydrogens (tertiary/aromatic N) is 1. The highest BCUT2D eigenvalue weighted by atomic mass is 16.2.